The van der Waals surface area contributed by atoms with E-state index in [1.165, 1.54) is 10.9 Å². The Kier molecular flexibility index (Phi) is 4.56. The van der Waals surface area contributed by atoms with Crippen LogP contribution in [0.15, 0.2) is 29.3 Å². The van der Waals surface area contributed by atoms with Crippen molar-refractivity contribution >= 4 is 28.5 Å². The van der Waals surface area contributed by atoms with Gasteiger partial charge in [-0.25, -0.2) is 9.78 Å². The molecule has 2 aromatic rings. The Morgan fingerprint density at radius 3 is 2.68 bits per heavy atom. The van der Waals surface area contributed by atoms with Crippen LogP contribution in [0.3, 0.4) is 0 Å². The minimum atomic E-state index is -0.706. The summed E-state index contributed by atoms with van der Waals surface area (Å²) in [4.78, 5) is 29.1. The summed E-state index contributed by atoms with van der Waals surface area (Å²) in [6.07, 6.45) is 1.82. The molecule has 1 aromatic carbocycles. The molecule has 0 amide bonds. The van der Waals surface area contributed by atoms with Gasteiger partial charge in [0.05, 0.1) is 17.2 Å². The molecule has 0 fully saturated rings. The van der Waals surface area contributed by atoms with Crippen LogP contribution in [-0.4, -0.2) is 21.1 Å². The van der Waals surface area contributed by atoms with Gasteiger partial charge in [-0.2, -0.15) is 0 Å². The number of benzene rings is 1. The Labute approximate surface area is 133 Å². The first-order chi connectivity index (χ1) is 10.2. The molecule has 22 heavy (non-hydrogen) atoms. The predicted octanol–water partition coefficient (Wildman–Crippen LogP) is 3.34. The number of halogens is 1. The van der Waals surface area contributed by atoms with Crippen molar-refractivity contribution in [2.75, 3.05) is 0 Å². The highest BCUT2D eigenvalue weighted by Gasteiger charge is 2.26. The molecule has 118 valence electrons. The molecular weight excluding hydrogens is 304 g/mol. The van der Waals surface area contributed by atoms with Crippen molar-refractivity contribution in [3.8, 4) is 0 Å². The second kappa shape index (κ2) is 6.08. The fourth-order valence-electron chi connectivity index (χ4n) is 2.18. The first-order valence-corrected chi connectivity index (χ1v) is 7.50. The Balaban J connectivity index is 2.50. The van der Waals surface area contributed by atoms with Gasteiger partial charge < -0.3 is 4.74 Å². The number of nitrogens with zero attached hydrogens (tertiary/aromatic N) is 2. The zero-order chi connectivity index (χ0) is 16.5. The van der Waals surface area contributed by atoms with E-state index in [1.54, 1.807) is 39.0 Å². The van der Waals surface area contributed by atoms with Gasteiger partial charge in [0.25, 0.3) is 5.56 Å². The van der Waals surface area contributed by atoms with E-state index in [2.05, 4.69) is 4.98 Å². The maximum atomic E-state index is 12.6. The number of carbonyl (C=O) groups excluding carboxylic acids is 1. The summed E-state index contributed by atoms with van der Waals surface area (Å²) in [5.41, 5.74) is -0.364. The van der Waals surface area contributed by atoms with Crippen LogP contribution in [0.2, 0.25) is 5.02 Å². The van der Waals surface area contributed by atoms with Gasteiger partial charge >= 0.3 is 5.97 Å². The van der Waals surface area contributed by atoms with Crippen LogP contribution < -0.4 is 5.56 Å². The number of hydrogen-bond donors (Lipinski definition) is 0. The lowest BCUT2D eigenvalue weighted by Crippen LogP contribution is -2.34. The lowest BCUT2D eigenvalue weighted by Gasteiger charge is -2.24. The zero-order valence-electron chi connectivity index (χ0n) is 13.1. The molecule has 0 N–H and O–H groups in total. The normalized spacial score (nSPS) is 13.1. The van der Waals surface area contributed by atoms with Crippen LogP contribution in [0, 0.1) is 0 Å². The summed E-state index contributed by atoms with van der Waals surface area (Å²) < 4.78 is 6.70. The first kappa shape index (κ1) is 16.5. The smallest absolute Gasteiger partial charge is 0.329 e. The van der Waals surface area contributed by atoms with Crippen LogP contribution in [0.4, 0.5) is 0 Å². The number of ether oxygens (including phenoxy) is 1. The van der Waals surface area contributed by atoms with E-state index in [0.29, 0.717) is 22.3 Å². The lowest BCUT2D eigenvalue weighted by molar-refractivity contribution is -0.159. The van der Waals surface area contributed by atoms with Gasteiger partial charge in [0.15, 0.2) is 0 Å². The third-order valence-electron chi connectivity index (χ3n) is 3.15. The summed E-state index contributed by atoms with van der Waals surface area (Å²) in [6, 6.07) is 4.21. The van der Waals surface area contributed by atoms with E-state index in [4.69, 9.17) is 16.3 Å². The van der Waals surface area contributed by atoms with E-state index < -0.39 is 17.6 Å². The van der Waals surface area contributed by atoms with E-state index in [-0.39, 0.29) is 5.56 Å². The molecule has 0 aliphatic carbocycles. The second-order valence-corrected chi connectivity index (χ2v) is 6.51. The molecule has 0 spiro atoms. The molecule has 1 aromatic heterocycles. The average Bonchev–Trinajstić information content (AvgIpc) is 2.40. The summed E-state index contributed by atoms with van der Waals surface area (Å²) >= 11 is 5.94. The summed E-state index contributed by atoms with van der Waals surface area (Å²) in [6.45, 7) is 7.19. The first-order valence-electron chi connectivity index (χ1n) is 7.12. The van der Waals surface area contributed by atoms with Gasteiger partial charge in [-0.3, -0.25) is 9.36 Å². The van der Waals surface area contributed by atoms with Crippen LogP contribution in [0.1, 0.15) is 40.2 Å². The van der Waals surface area contributed by atoms with Crippen molar-refractivity contribution in [2.45, 2.75) is 45.8 Å². The standard InChI is InChI=1S/C16H19ClN2O3/c1-5-13(15(21)22-16(2,3)4)19-9-18-12-7-6-10(17)8-11(12)14(19)20/h6-9,13H,5H2,1-4H3/t13-/m0/s1. The minimum Gasteiger partial charge on any atom is -0.458 e. The Morgan fingerprint density at radius 1 is 1.41 bits per heavy atom. The molecule has 0 bridgehead atoms. The molecule has 0 saturated carbocycles. The molecule has 0 unspecified atom stereocenters. The predicted molar refractivity (Wildman–Crippen MR) is 86.2 cm³/mol. The molecule has 6 heteroatoms. The molecule has 1 atom stereocenters. The van der Waals surface area contributed by atoms with Gasteiger partial charge in [-0.05, 0) is 45.4 Å². The van der Waals surface area contributed by atoms with Crippen LogP contribution in [-0.2, 0) is 9.53 Å². The van der Waals surface area contributed by atoms with Gasteiger partial charge in [0.1, 0.15) is 11.6 Å². The molecule has 5 nitrogen and oxygen atoms in total. The highest BCUT2D eigenvalue weighted by Crippen LogP contribution is 2.19. The number of hydrogen-bond acceptors (Lipinski definition) is 4. The van der Waals surface area contributed by atoms with Gasteiger partial charge in [0, 0.05) is 5.02 Å². The molecule has 1 heterocycles. The average molecular weight is 323 g/mol. The second-order valence-electron chi connectivity index (χ2n) is 6.08. The largest absolute Gasteiger partial charge is 0.458 e. The minimum absolute atomic E-state index is 0.301. The quantitative estimate of drug-likeness (QED) is 0.813. The maximum absolute atomic E-state index is 12.6. The number of fused-ring (bicyclic) bond motifs is 1. The van der Waals surface area contributed by atoms with E-state index in [0.717, 1.165) is 0 Å². The van der Waals surface area contributed by atoms with Crippen molar-refractivity contribution in [1.82, 2.24) is 9.55 Å². The number of rotatable bonds is 3. The van der Waals surface area contributed by atoms with Crippen molar-refractivity contribution in [2.24, 2.45) is 0 Å². The fourth-order valence-corrected chi connectivity index (χ4v) is 2.35. The zero-order valence-corrected chi connectivity index (χ0v) is 13.8. The third kappa shape index (κ3) is 3.47. The van der Waals surface area contributed by atoms with Crippen LogP contribution in [0.5, 0.6) is 0 Å². The van der Waals surface area contributed by atoms with Crippen molar-refractivity contribution in [1.29, 1.82) is 0 Å². The van der Waals surface area contributed by atoms with E-state index >= 15 is 0 Å². The Morgan fingerprint density at radius 2 is 2.09 bits per heavy atom. The molecule has 2 rings (SSSR count). The number of esters is 1. The summed E-state index contributed by atoms with van der Waals surface area (Å²) in [7, 11) is 0. The van der Waals surface area contributed by atoms with Gasteiger partial charge in [0.2, 0.25) is 0 Å². The van der Waals surface area contributed by atoms with Crippen molar-refractivity contribution in [3.05, 3.63) is 39.9 Å². The molecule has 0 radical (unpaired) electrons. The number of aromatic nitrogens is 2. The fraction of sp³-hybridized carbons (Fsp3) is 0.438. The van der Waals surface area contributed by atoms with Crippen molar-refractivity contribution in [3.63, 3.8) is 0 Å². The van der Waals surface area contributed by atoms with E-state index in [9.17, 15) is 9.59 Å². The maximum Gasteiger partial charge on any atom is 0.329 e. The summed E-state index contributed by atoms with van der Waals surface area (Å²) in [5, 5.41) is 0.839. The SMILES string of the molecule is CC[C@@H](C(=O)OC(C)(C)C)n1cnc2ccc(Cl)cc2c1=O. The number of carbonyl (C=O) groups is 1. The van der Waals surface area contributed by atoms with Gasteiger partial charge in [-0.1, -0.05) is 18.5 Å². The van der Waals surface area contributed by atoms with Crippen LogP contribution in [0.25, 0.3) is 10.9 Å². The highest BCUT2D eigenvalue weighted by atomic mass is 35.5. The topological polar surface area (TPSA) is 61.2 Å². The molecule has 0 saturated heterocycles. The molecular formula is C16H19ClN2O3. The molecule has 0 aliphatic heterocycles. The third-order valence-corrected chi connectivity index (χ3v) is 3.38. The molecule has 0 aliphatic rings. The Bertz CT molecular complexity index is 762. The van der Waals surface area contributed by atoms with Crippen molar-refractivity contribution < 1.29 is 9.53 Å². The van der Waals surface area contributed by atoms with Crippen LogP contribution >= 0.6 is 11.6 Å². The Hall–Kier alpha value is -1.88. The summed E-state index contributed by atoms with van der Waals surface area (Å²) in [5.74, 6) is -0.444. The highest BCUT2D eigenvalue weighted by molar-refractivity contribution is 6.31. The van der Waals surface area contributed by atoms with E-state index in [1.807, 2.05) is 6.92 Å². The van der Waals surface area contributed by atoms with Gasteiger partial charge in [-0.15, -0.1) is 0 Å². The monoisotopic (exact) mass is 322 g/mol. The lowest BCUT2D eigenvalue weighted by atomic mass is 10.1.